The summed E-state index contributed by atoms with van der Waals surface area (Å²) in [6.45, 7) is 3.97. The number of thiazole rings is 1. The molecule has 0 amide bonds. The van der Waals surface area contributed by atoms with Gasteiger partial charge in [-0.2, -0.15) is 4.98 Å². The number of carbonyl (C=O) groups excluding carboxylic acids is 1. The van der Waals surface area contributed by atoms with Gasteiger partial charge < -0.3 is 14.7 Å². The third kappa shape index (κ3) is 6.20. The number of terminal acetylenes is 1. The summed E-state index contributed by atoms with van der Waals surface area (Å²) in [7, 11) is 0. The van der Waals surface area contributed by atoms with E-state index in [1.165, 1.54) is 17.5 Å². The minimum Gasteiger partial charge on any atom is -0.622 e. The van der Waals surface area contributed by atoms with Crippen molar-refractivity contribution in [1.29, 1.82) is 0 Å². The summed E-state index contributed by atoms with van der Waals surface area (Å²) in [4.78, 5) is 23.6. The Kier molecular flexibility index (Phi) is 8.88. The van der Waals surface area contributed by atoms with Crippen LogP contribution in [0.5, 0.6) is 5.75 Å². The van der Waals surface area contributed by atoms with Gasteiger partial charge in [-0.05, 0) is 43.5 Å². The van der Waals surface area contributed by atoms with Crippen LogP contribution in [0.25, 0.3) is 10.2 Å². The third-order valence-electron chi connectivity index (χ3n) is 6.14. The first kappa shape index (κ1) is 26.0. The number of carbonyl (C=O) groups is 1. The summed E-state index contributed by atoms with van der Waals surface area (Å²) in [5, 5.41) is 14.6. The van der Waals surface area contributed by atoms with E-state index in [0.29, 0.717) is 36.8 Å². The number of fused-ring (bicyclic) bond motifs is 1. The van der Waals surface area contributed by atoms with Crippen molar-refractivity contribution in [2.75, 3.05) is 26.4 Å². The molecule has 36 heavy (non-hydrogen) atoms. The lowest BCUT2D eigenvalue weighted by molar-refractivity contribution is 0.00502. The van der Waals surface area contributed by atoms with Crippen LogP contribution >= 0.6 is 11.3 Å². The van der Waals surface area contributed by atoms with Crippen LogP contribution in [-0.4, -0.2) is 53.4 Å². The van der Waals surface area contributed by atoms with Gasteiger partial charge in [0, 0.05) is 25.2 Å². The molecule has 4 rings (SSSR count). The molecule has 3 heterocycles. The number of nitrogens with zero attached hydrogens (tertiary/aromatic N) is 4. The zero-order valence-electron chi connectivity index (χ0n) is 20.6. The SMILES string of the molecule is C#CCCCCN1CC(OC(=O)c2ccccn2)[N+]([O-])(c2nc3cc(OCCCCC)ccc3s2)C1. The monoisotopic (exact) mass is 508 g/mol. The lowest BCUT2D eigenvalue weighted by Crippen LogP contribution is -2.50. The quantitative estimate of drug-likeness (QED) is 0.107. The summed E-state index contributed by atoms with van der Waals surface area (Å²) in [5.74, 6) is 2.77. The van der Waals surface area contributed by atoms with Crippen molar-refractivity contribution in [2.24, 2.45) is 0 Å². The van der Waals surface area contributed by atoms with E-state index >= 15 is 0 Å². The number of esters is 1. The Morgan fingerprint density at radius 3 is 2.94 bits per heavy atom. The predicted molar refractivity (Wildman–Crippen MR) is 142 cm³/mol. The number of aromatic nitrogens is 2. The van der Waals surface area contributed by atoms with E-state index in [1.54, 1.807) is 18.2 Å². The number of unbranched alkanes of at least 4 members (excludes halogenated alkanes) is 4. The van der Waals surface area contributed by atoms with E-state index in [1.807, 2.05) is 23.1 Å². The van der Waals surface area contributed by atoms with Gasteiger partial charge in [-0.3, -0.25) is 4.65 Å². The van der Waals surface area contributed by atoms with Gasteiger partial charge in [0.2, 0.25) is 0 Å². The predicted octanol–water partition coefficient (Wildman–Crippen LogP) is 5.33. The highest BCUT2D eigenvalue weighted by atomic mass is 32.1. The van der Waals surface area contributed by atoms with E-state index in [4.69, 9.17) is 15.9 Å². The fourth-order valence-electron chi connectivity index (χ4n) is 4.19. The van der Waals surface area contributed by atoms with Crippen molar-refractivity contribution in [3.8, 4) is 18.1 Å². The van der Waals surface area contributed by atoms with Crippen LogP contribution < -0.4 is 9.38 Å². The molecule has 0 spiro atoms. The third-order valence-corrected chi connectivity index (χ3v) is 7.29. The van der Waals surface area contributed by atoms with Crippen LogP contribution in [-0.2, 0) is 4.74 Å². The number of quaternary nitrogens is 1. The Balaban J connectivity index is 1.55. The molecule has 1 aliphatic heterocycles. The average Bonchev–Trinajstić information content (AvgIpc) is 3.46. The van der Waals surface area contributed by atoms with Gasteiger partial charge in [-0.15, -0.1) is 12.3 Å². The lowest BCUT2D eigenvalue weighted by Gasteiger charge is -2.38. The van der Waals surface area contributed by atoms with Gasteiger partial charge in [-0.1, -0.05) is 37.2 Å². The number of pyridine rings is 1. The van der Waals surface area contributed by atoms with Crippen molar-refractivity contribution < 1.29 is 14.3 Å². The summed E-state index contributed by atoms with van der Waals surface area (Å²) in [6, 6.07) is 10.7. The zero-order chi connectivity index (χ0) is 25.4. The van der Waals surface area contributed by atoms with Crippen LogP contribution in [0.15, 0.2) is 42.6 Å². The Bertz CT molecular complexity index is 1200. The summed E-state index contributed by atoms with van der Waals surface area (Å²) in [5.41, 5.74) is 0.879. The average molecular weight is 509 g/mol. The van der Waals surface area contributed by atoms with Crippen molar-refractivity contribution in [1.82, 2.24) is 19.5 Å². The molecule has 0 aliphatic carbocycles. The Morgan fingerprint density at radius 1 is 1.28 bits per heavy atom. The van der Waals surface area contributed by atoms with Gasteiger partial charge in [0.1, 0.15) is 18.1 Å². The second-order valence-corrected chi connectivity index (χ2v) is 9.94. The van der Waals surface area contributed by atoms with Gasteiger partial charge >= 0.3 is 5.97 Å². The topological polar surface area (TPSA) is 87.6 Å². The largest absolute Gasteiger partial charge is 0.622 e. The summed E-state index contributed by atoms with van der Waals surface area (Å²) in [6.07, 6.45) is 11.6. The summed E-state index contributed by atoms with van der Waals surface area (Å²) >= 11 is 1.33. The van der Waals surface area contributed by atoms with Crippen molar-refractivity contribution in [3.63, 3.8) is 0 Å². The van der Waals surface area contributed by atoms with Crippen LogP contribution in [0, 0.1) is 17.6 Å². The second-order valence-electron chi connectivity index (χ2n) is 8.93. The maximum Gasteiger partial charge on any atom is 0.361 e. The maximum absolute atomic E-state index is 14.3. The van der Waals surface area contributed by atoms with Gasteiger partial charge in [0.25, 0.3) is 11.4 Å². The van der Waals surface area contributed by atoms with Crippen molar-refractivity contribution in [3.05, 3.63) is 53.5 Å². The molecule has 0 N–H and O–H groups in total. The highest BCUT2D eigenvalue weighted by Gasteiger charge is 2.46. The van der Waals surface area contributed by atoms with Gasteiger partial charge in [-0.25, -0.2) is 14.7 Å². The van der Waals surface area contributed by atoms with Crippen LogP contribution in [0.2, 0.25) is 0 Å². The first-order valence-electron chi connectivity index (χ1n) is 12.4. The van der Waals surface area contributed by atoms with E-state index in [-0.39, 0.29) is 12.4 Å². The number of benzene rings is 1. The van der Waals surface area contributed by atoms with E-state index in [2.05, 4.69) is 22.8 Å². The smallest absolute Gasteiger partial charge is 0.361 e. The molecule has 0 radical (unpaired) electrons. The first-order chi connectivity index (χ1) is 17.5. The minimum atomic E-state index is -0.947. The van der Waals surface area contributed by atoms with Crippen LogP contribution in [0.3, 0.4) is 0 Å². The minimum absolute atomic E-state index is 0.149. The molecular formula is C27H32N4O4S. The lowest BCUT2D eigenvalue weighted by atomic mass is 10.2. The van der Waals surface area contributed by atoms with E-state index in [0.717, 1.165) is 42.6 Å². The Morgan fingerprint density at radius 2 is 2.17 bits per heavy atom. The number of rotatable bonds is 12. The highest BCUT2D eigenvalue weighted by Crippen LogP contribution is 2.39. The van der Waals surface area contributed by atoms with E-state index < -0.39 is 16.8 Å². The van der Waals surface area contributed by atoms with Crippen molar-refractivity contribution in [2.45, 2.75) is 51.7 Å². The van der Waals surface area contributed by atoms with Crippen molar-refractivity contribution >= 4 is 32.7 Å². The van der Waals surface area contributed by atoms with Gasteiger partial charge in [0.15, 0.2) is 0 Å². The number of ether oxygens (including phenoxy) is 2. The molecule has 1 fully saturated rings. The first-order valence-corrected chi connectivity index (χ1v) is 13.3. The zero-order valence-corrected chi connectivity index (χ0v) is 21.4. The number of hydrogen-bond donors (Lipinski definition) is 0. The normalized spacial score (nSPS) is 19.9. The molecule has 8 nitrogen and oxygen atoms in total. The molecule has 0 bridgehead atoms. The standard InChI is InChI=1S/C27H32N4O4S/c1-3-5-7-10-16-30-19-25(35-26(32)22-12-8-9-15-28-22)31(33,20-30)27-29-23-18-21(13-14-24(23)36-27)34-17-11-6-4-2/h1,8-9,12-15,18,25H,4-7,10-11,16-17,19-20H2,2H3. The van der Waals surface area contributed by atoms with Gasteiger partial charge in [0.05, 0.1) is 23.4 Å². The molecule has 1 aliphatic rings. The molecule has 2 unspecified atom stereocenters. The fourth-order valence-corrected chi connectivity index (χ4v) is 5.20. The molecule has 1 aromatic carbocycles. The molecule has 190 valence electrons. The highest BCUT2D eigenvalue weighted by molar-refractivity contribution is 7.22. The molecule has 0 saturated carbocycles. The second kappa shape index (κ2) is 12.3. The molecule has 1 saturated heterocycles. The van der Waals surface area contributed by atoms with Crippen LogP contribution in [0.1, 0.15) is 55.9 Å². The molecular weight excluding hydrogens is 476 g/mol. The molecule has 2 atom stereocenters. The maximum atomic E-state index is 14.3. The number of hydroxylamine groups is 2. The van der Waals surface area contributed by atoms with E-state index in [9.17, 15) is 10.0 Å². The molecule has 9 heteroatoms. The Hall–Kier alpha value is -3.03. The summed E-state index contributed by atoms with van der Waals surface area (Å²) < 4.78 is 11.7. The molecule has 2 aromatic heterocycles. The molecule has 3 aromatic rings. The fraction of sp³-hybridized carbons (Fsp3) is 0.444. The van der Waals surface area contributed by atoms with Crippen LogP contribution in [0.4, 0.5) is 5.13 Å². The number of hydrogen-bond acceptors (Lipinski definition) is 8. The Labute approximate surface area is 216 Å².